The molecule has 1 aliphatic heterocycles. The number of hydrogen-bond donors (Lipinski definition) is 3. The lowest BCUT2D eigenvalue weighted by atomic mass is 10.2. The van der Waals surface area contributed by atoms with Gasteiger partial charge in [-0.3, -0.25) is 15.4 Å². The third-order valence-corrected chi connectivity index (χ3v) is 3.13. The van der Waals surface area contributed by atoms with Crippen molar-refractivity contribution in [2.24, 2.45) is 5.10 Å². The number of hydrogen-bond acceptors (Lipinski definition) is 6. The summed E-state index contributed by atoms with van der Waals surface area (Å²) in [4.78, 5) is -0.219. The van der Waals surface area contributed by atoms with Gasteiger partial charge >= 0.3 is 0 Å². The van der Waals surface area contributed by atoms with E-state index in [1.165, 1.54) is 18.2 Å². The molecule has 0 aliphatic carbocycles. The van der Waals surface area contributed by atoms with E-state index in [0.717, 1.165) is 11.3 Å². The van der Waals surface area contributed by atoms with Crippen LogP contribution >= 0.6 is 0 Å². The molecule has 1 heterocycles. The van der Waals surface area contributed by atoms with Crippen LogP contribution in [0.25, 0.3) is 0 Å². The highest BCUT2D eigenvalue weighted by molar-refractivity contribution is 7.85. The van der Waals surface area contributed by atoms with Crippen molar-refractivity contribution in [1.82, 2.24) is 10.7 Å². The maximum Gasteiger partial charge on any atom is 0.294 e. The van der Waals surface area contributed by atoms with Crippen LogP contribution in [0.4, 0.5) is 10.1 Å². The Morgan fingerprint density at radius 1 is 1.53 bits per heavy atom. The van der Waals surface area contributed by atoms with Crippen molar-refractivity contribution >= 4 is 21.8 Å². The van der Waals surface area contributed by atoms with Gasteiger partial charge in [0.2, 0.25) is 5.97 Å². The average molecular weight is 285 g/mol. The number of anilines is 1. The van der Waals surface area contributed by atoms with Crippen molar-refractivity contribution < 1.29 is 17.4 Å². The molecule has 0 bridgehead atoms. The first kappa shape index (κ1) is 13.3. The maximum atomic E-state index is 12.9. The van der Waals surface area contributed by atoms with Crippen LogP contribution in [-0.2, 0) is 10.1 Å². The molecular formula is C10H10FN4O3S. The van der Waals surface area contributed by atoms with Crippen molar-refractivity contribution in [3.8, 4) is 0 Å². The zero-order valence-electron chi connectivity index (χ0n) is 9.75. The third-order valence-electron chi connectivity index (χ3n) is 2.28. The number of nitrogens with one attached hydrogen (secondary N) is 2. The van der Waals surface area contributed by atoms with Crippen molar-refractivity contribution in [3.05, 3.63) is 36.0 Å². The highest BCUT2D eigenvalue weighted by Crippen LogP contribution is 2.20. The standard InChI is InChI=1S/C10H10FN4O3S/c1-7-6-8(19(16,17)18)2-3-9(7)13-15-12-5-4-10(11)14-15/h2-4,6,12-13H,1H3,(H,16,17,18). The molecule has 2 rings (SSSR count). The number of nitrogens with zero attached hydrogens (tertiary/aromatic N) is 2. The van der Waals surface area contributed by atoms with Gasteiger partial charge < -0.3 is 0 Å². The van der Waals surface area contributed by atoms with Gasteiger partial charge in [-0.15, -0.1) is 10.3 Å². The minimum atomic E-state index is -4.25. The lowest BCUT2D eigenvalue weighted by Gasteiger charge is -2.22. The van der Waals surface area contributed by atoms with E-state index in [-0.39, 0.29) is 4.90 Å². The molecule has 9 heteroatoms. The first-order valence-electron chi connectivity index (χ1n) is 5.10. The number of allylic oxidation sites excluding steroid dienone is 1. The van der Waals surface area contributed by atoms with Crippen LogP contribution in [0.15, 0.2) is 34.3 Å². The maximum absolute atomic E-state index is 12.9. The van der Waals surface area contributed by atoms with Gasteiger partial charge in [-0.2, -0.15) is 12.8 Å². The van der Waals surface area contributed by atoms with Crippen LogP contribution in [0.3, 0.4) is 0 Å². The molecule has 0 unspecified atom stereocenters. The predicted molar refractivity (Wildman–Crippen MR) is 65.9 cm³/mol. The highest BCUT2D eigenvalue weighted by Gasteiger charge is 2.12. The number of benzene rings is 1. The lowest BCUT2D eigenvalue weighted by Crippen LogP contribution is -2.37. The molecule has 19 heavy (non-hydrogen) atoms. The van der Waals surface area contributed by atoms with Crippen LogP contribution in [0.5, 0.6) is 0 Å². The van der Waals surface area contributed by atoms with Crippen LogP contribution in [0.2, 0.25) is 0 Å². The summed E-state index contributed by atoms with van der Waals surface area (Å²) >= 11 is 0. The summed E-state index contributed by atoms with van der Waals surface area (Å²) in [5.41, 5.74) is 6.20. The number of hydrazone groups is 1. The molecule has 0 spiro atoms. The van der Waals surface area contributed by atoms with Gasteiger partial charge in [0.15, 0.2) is 0 Å². The molecule has 1 aromatic carbocycles. The summed E-state index contributed by atoms with van der Waals surface area (Å²) in [5, 5.41) is 4.44. The summed E-state index contributed by atoms with van der Waals surface area (Å²) in [5.74, 6) is -0.738. The third kappa shape index (κ3) is 3.20. The summed E-state index contributed by atoms with van der Waals surface area (Å²) in [6, 6.07) is 3.92. The summed E-state index contributed by atoms with van der Waals surface area (Å²) < 4.78 is 43.7. The summed E-state index contributed by atoms with van der Waals surface area (Å²) in [6.45, 7) is 1.63. The van der Waals surface area contributed by atoms with Gasteiger partial charge in [-0.05, 0) is 30.7 Å². The van der Waals surface area contributed by atoms with Gasteiger partial charge in [0.05, 0.1) is 16.8 Å². The van der Waals surface area contributed by atoms with E-state index in [2.05, 4.69) is 22.2 Å². The Balaban J connectivity index is 2.21. The first-order valence-corrected chi connectivity index (χ1v) is 6.54. The fourth-order valence-electron chi connectivity index (χ4n) is 1.39. The second kappa shape index (κ2) is 4.86. The molecule has 1 aliphatic rings. The fourth-order valence-corrected chi connectivity index (χ4v) is 1.96. The molecule has 1 radical (unpaired) electrons. The van der Waals surface area contributed by atoms with Gasteiger partial charge in [0, 0.05) is 6.08 Å². The van der Waals surface area contributed by atoms with Crippen LogP contribution in [0.1, 0.15) is 5.56 Å². The summed E-state index contributed by atoms with van der Waals surface area (Å²) in [7, 11) is -4.25. The van der Waals surface area contributed by atoms with Gasteiger partial charge in [-0.1, -0.05) is 0 Å². The number of halogens is 1. The van der Waals surface area contributed by atoms with Crippen molar-refractivity contribution in [3.63, 3.8) is 0 Å². The van der Waals surface area contributed by atoms with Crippen molar-refractivity contribution in [2.45, 2.75) is 11.8 Å². The van der Waals surface area contributed by atoms with Crippen LogP contribution in [0, 0.1) is 13.1 Å². The monoisotopic (exact) mass is 285 g/mol. The van der Waals surface area contributed by atoms with Gasteiger partial charge in [-0.25, -0.2) is 0 Å². The normalized spacial score (nSPS) is 14.9. The van der Waals surface area contributed by atoms with Crippen LogP contribution in [-0.4, -0.2) is 24.2 Å². The first-order chi connectivity index (χ1) is 8.86. The predicted octanol–water partition coefficient (Wildman–Crippen LogP) is 0.989. The molecule has 0 aromatic heterocycles. The average Bonchev–Trinajstić information content (AvgIpc) is 2.30. The molecule has 3 N–H and O–H groups in total. The van der Waals surface area contributed by atoms with E-state index in [0.29, 0.717) is 11.3 Å². The number of hydrazine groups is 2. The van der Waals surface area contributed by atoms with Crippen LogP contribution < -0.4 is 10.9 Å². The molecule has 7 nitrogen and oxygen atoms in total. The van der Waals surface area contributed by atoms with E-state index < -0.39 is 16.1 Å². The Morgan fingerprint density at radius 3 is 2.84 bits per heavy atom. The number of aryl methyl sites for hydroxylation is 1. The molecule has 0 amide bonds. The summed E-state index contributed by atoms with van der Waals surface area (Å²) in [6.07, 6.45) is 3.43. The smallest absolute Gasteiger partial charge is 0.282 e. The Morgan fingerprint density at radius 2 is 2.26 bits per heavy atom. The number of rotatable bonds is 3. The van der Waals surface area contributed by atoms with E-state index >= 15 is 0 Å². The quantitative estimate of drug-likeness (QED) is 0.717. The zero-order valence-corrected chi connectivity index (χ0v) is 10.6. The Hall–Kier alpha value is -2.13. The molecule has 101 valence electrons. The Bertz CT molecular complexity index is 657. The minimum Gasteiger partial charge on any atom is -0.282 e. The Kier molecular flexibility index (Phi) is 3.40. The SMILES string of the molecule is Cc1cc(S(=O)(=O)O)ccc1NN1N=C(F)C=[C]N1. The van der Waals surface area contributed by atoms with E-state index in [1.807, 2.05) is 0 Å². The highest BCUT2D eigenvalue weighted by atomic mass is 32.2. The Labute approximate surface area is 109 Å². The van der Waals surface area contributed by atoms with Crippen molar-refractivity contribution in [2.75, 3.05) is 5.43 Å². The molecule has 0 saturated carbocycles. The lowest BCUT2D eigenvalue weighted by molar-refractivity contribution is 0.271. The fraction of sp³-hybridized carbons (Fsp3) is 0.100. The van der Waals surface area contributed by atoms with E-state index in [9.17, 15) is 12.8 Å². The second-order valence-corrected chi connectivity index (χ2v) is 5.12. The van der Waals surface area contributed by atoms with Gasteiger partial charge in [0.25, 0.3) is 10.1 Å². The molecule has 0 saturated heterocycles. The molecule has 1 aromatic rings. The molecule has 0 atom stereocenters. The van der Waals surface area contributed by atoms with Gasteiger partial charge in [0.1, 0.15) is 0 Å². The molecular weight excluding hydrogens is 275 g/mol. The largest absolute Gasteiger partial charge is 0.294 e. The zero-order chi connectivity index (χ0) is 14.0. The van der Waals surface area contributed by atoms with E-state index in [4.69, 9.17) is 4.55 Å². The minimum absolute atomic E-state index is 0.219. The second-order valence-electron chi connectivity index (χ2n) is 3.70. The topological polar surface area (TPSA) is 94.0 Å². The van der Waals surface area contributed by atoms with Crippen molar-refractivity contribution in [1.29, 1.82) is 0 Å². The molecule has 0 fully saturated rings. The van der Waals surface area contributed by atoms with E-state index in [1.54, 1.807) is 6.92 Å².